The topological polar surface area (TPSA) is 32.5 Å². The van der Waals surface area contributed by atoms with E-state index in [1.54, 1.807) is 0 Å². The Morgan fingerprint density at radius 1 is 1.18 bits per heavy atom. The number of nitrogens with zero attached hydrogens (tertiary/aromatic N) is 2. The van der Waals surface area contributed by atoms with Gasteiger partial charge in [-0.3, -0.25) is 4.90 Å². The highest BCUT2D eigenvalue weighted by molar-refractivity contribution is 4.86. The van der Waals surface area contributed by atoms with Gasteiger partial charge in [0.15, 0.2) is 0 Å². The van der Waals surface area contributed by atoms with E-state index in [0.29, 0.717) is 5.41 Å². The van der Waals surface area contributed by atoms with Crippen LogP contribution in [0.2, 0.25) is 0 Å². The van der Waals surface area contributed by atoms with Crippen molar-refractivity contribution in [2.75, 3.05) is 39.8 Å². The van der Waals surface area contributed by atoms with Gasteiger partial charge in [-0.1, -0.05) is 20.8 Å². The lowest BCUT2D eigenvalue weighted by molar-refractivity contribution is 0.0553. The summed E-state index contributed by atoms with van der Waals surface area (Å²) in [7, 11) is 2.25. The van der Waals surface area contributed by atoms with E-state index in [0.717, 1.165) is 12.6 Å². The molecule has 1 saturated heterocycles. The van der Waals surface area contributed by atoms with E-state index < -0.39 is 0 Å². The molecule has 0 aromatic heterocycles. The molecule has 1 fully saturated rings. The summed E-state index contributed by atoms with van der Waals surface area (Å²) in [6, 6.07) is 0.730. The molecule has 0 aromatic rings. The number of likely N-dealkylation sites (N-methyl/N-ethyl adjacent to an activating group) is 1. The van der Waals surface area contributed by atoms with Crippen LogP contribution >= 0.6 is 0 Å². The Kier molecular flexibility index (Phi) is 5.90. The van der Waals surface area contributed by atoms with Crippen LogP contribution in [-0.2, 0) is 0 Å². The van der Waals surface area contributed by atoms with Gasteiger partial charge in [0.2, 0.25) is 0 Å². The van der Waals surface area contributed by atoms with Gasteiger partial charge in [0.1, 0.15) is 0 Å². The smallest absolute Gasteiger partial charge is 0.0218 e. The lowest BCUT2D eigenvalue weighted by Gasteiger charge is -2.43. The second-order valence-corrected chi connectivity index (χ2v) is 5.69. The van der Waals surface area contributed by atoms with Crippen molar-refractivity contribution < 1.29 is 0 Å². The van der Waals surface area contributed by atoms with Crippen LogP contribution in [0, 0.1) is 5.41 Å². The molecule has 1 aliphatic heterocycles. The van der Waals surface area contributed by atoms with Crippen LogP contribution in [0.15, 0.2) is 0 Å². The third-order valence-corrected chi connectivity index (χ3v) is 4.82. The lowest BCUT2D eigenvalue weighted by atomic mass is 9.81. The maximum absolute atomic E-state index is 6.00. The predicted molar refractivity (Wildman–Crippen MR) is 75.2 cm³/mol. The molecule has 3 heteroatoms. The molecule has 2 N–H and O–H groups in total. The van der Waals surface area contributed by atoms with Crippen LogP contribution in [0.3, 0.4) is 0 Å². The minimum atomic E-state index is 0.341. The van der Waals surface area contributed by atoms with Gasteiger partial charge >= 0.3 is 0 Å². The highest BCUT2D eigenvalue weighted by Gasteiger charge is 2.30. The SMILES string of the molecule is CCC1CN(CC(CC)(CC)CN)CCN1C. The maximum atomic E-state index is 6.00. The van der Waals surface area contributed by atoms with E-state index in [9.17, 15) is 0 Å². The molecule has 0 saturated carbocycles. The van der Waals surface area contributed by atoms with Crippen LogP contribution in [0.1, 0.15) is 40.0 Å². The zero-order valence-electron chi connectivity index (χ0n) is 12.2. The molecule has 0 aromatic carbocycles. The van der Waals surface area contributed by atoms with Crippen LogP contribution in [0.4, 0.5) is 0 Å². The first kappa shape index (κ1) is 14.9. The third kappa shape index (κ3) is 3.67. The van der Waals surface area contributed by atoms with Gasteiger partial charge in [0.25, 0.3) is 0 Å². The van der Waals surface area contributed by atoms with Gasteiger partial charge in [-0.15, -0.1) is 0 Å². The quantitative estimate of drug-likeness (QED) is 0.769. The van der Waals surface area contributed by atoms with E-state index in [4.69, 9.17) is 5.73 Å². The molecule has 0 aliphatic carbocycles. The normalized spacial score (nSPS) is 24.2. The van der Waals surface area contributed by atoms with Gasteiger partial charge in [-0.2, -0.15) is 0 Å². The highest BCUT2D eigenvalue weighted by atomic mass is 15.3. The zero-order valence-corrected chi connectivity index (χ0v) is 12.2. The molecule has 1 aliphatic rings. The van der Waals surface area contributed by atoms with Crippen LogP contribution in [0.5, 0.6) is 0 Å². The number of piperazine rings is 1. The Morgan fingerprint density at radius 2 is 1.82 bits per heavy atom. The first-order chi connectivity index (χ1) is 8.10. The Morgan fingerprint density at radius 3 is 2.29 bits per heavy atom. The van der Waals surface area contributed by atoms with Crippen molar-refractivity contribution in [1.82, 2.24) is 9.80 Å². The van der Waals surface area contributed by atoms with E-state index in [1.807, 2.05) is 0 Å². The van der Waals surface area contributed by atoms with E-state index in [1.165, 1.54) is 45.4 Å². The van der Waals surface area contributed by atoms with Gasteiger partial charge in [0.05, 0.1) is 0 Å². The molecule has 1 unspecified atom stereocenters. The molecule has 0 bridgehead atoms. The summed E-state index contributed by atoms with van der Waals surface area (Å²) < 4.78 is 0. The largest absolute Gasteiger partial charge is 0.330 e. The Balaban J connectivity index is 2.56. The van der Waals surface area contributed by atoms with Gasteiger partial charge in [0, 0.05) is 32.2 Å². The monoisotopic (exact) mass is 241 g/mol. The Bertz CT molecular complexity index is 205. The summed E-state index contributed by atoms with van der Waals surface area (Å²) in [5.74, 6) is 0. The van der Waals surface area contributed by atoms with Crippen molar-refractivity contribution >= 4 is 0 Å². The van der Waals surface area contributed by atoms with Crippen molar-refractivity contribution in [2.24, 2.45) is 11.1 Å². The highest BCUT2D eigenvalue weighted by Crippen LogP contribution is 2.27. The average Bonchev–Trinajstić information content (AvgIpc) is 2.38. The molecule has 0 spiro atoms. The predicted octanol–water partition coefficient (Wildman–Crippen LogP) is 1.78. The molecular formula is C14H31N3. The number of nitrogens with two attached hydrogens (primary N) is 1. The lowest BCUT2D eigenvalue weighted by Crippen LogP contribution is -2.54. The standard InChI is InChI=1S/C14H31N3/c1-5-13-10-17(9-8-16(13)4)12-14(6-2,7-3)11-15/h13H,5-12,15H2,1-4H3. The minimum absolute atomic E-state index is 0.341. The van der Waals surface area contributed by atoms with Crippen molar-refractivity contribution in [3.05, 3.63) is 0 Å². The molecule has 102 valence electrons. The van der Waals surface area contributed by atoms with Crippen molar-refractivity contribution in [3.63, 3.8) is 0 Å². The Labute approximate surface area is 107 Å². The van der Waals surface area contributed by atoms with Gasteiger partial charge in [-0.05, 0) is 38.3 Å². The third-order valence-electron chi connectivity index (χ3n) is 4.82. The molecule has 17 heavy (non-hydrogen) atoms. The molecule has 1 atom stereocenters. The fraction of sp³-hybridized carbons (Fsp3) is 1.00. The van der Waals surface area contributed by atoms with Crippen LogP contribution < -0.4 is 5.73 Å². The van der Waals surface area contributed by atoms with Crippen LogP contribution in [0.25, 0.3) is 0 Å². The van der Waals surface area contributed by atoms with E-state index in [2.05, 4.69) is 37.6 Å². The summed E-state index contributed by atoms with van der Waals surface area (Å²) in [6.07, 6.45) is 3.65. The minimum Gasteiger partial charge on any atom is -0.330 e. The second-order valence-electron chi connectivity index (χ2n) is 5.69. The molecule has 0 amide bonds. The number of hydrogen-bond acceptors (Lipinski definition) is 3. The average molecular weight is 241 g/mol. The summed E-state index contributed by atoms with van der Waals surface area (Å²) >= 11 is 0. The summed E-state index contributed by atoms with van der Waals surface area (Å²) in [6.45, 7) is 12.5. The fourth-order valence-corrected chi connectivity index (χ4v) is 2.90. The van der Waals surface area contributed by atoms with Crippen LogP contribution in [-0.4, -0.2) is 55.6 Å². The van der Waals surface area contributed by atoms with E-state index >= 15 is 0 Å². The molecule has 1 rings (SSSR count). The van der Waals surface area contributed by atoms with Crippen molar-refractivity contribution in [2.45, 2.75) is 46.1 Å². The van der Waals surface area contributed by atoms with Gasteiger partial charge < -0.3 is 10.6 Å². The Hall–Kier alpha value is -0.120. The van der Waals surface area contributed by atoms with Crippen molar-refractivity contribution in [3.8, 4) is 0 Å². The molecule has 1 heterocycles. The molecule has 0 radical (unpaired) electrons. The fourth-order valence-electron chi connectivity index (χ4n) is 2.90. The zero-order chi connectivity index (χ0) is 12.9. The summed E-state index contributed by atoms with van der Waals surface area (Å²) in [5.41, 5.74) is 6.34. The van der Waals surface area contributed by atoms with E-state index in [-0.39, 0.29) is 0 Å². The summed E-state index contributed by atoms with van der Waals surface area (Å²) in [5, 5.41) is 0. The molecular weight excluding hydrogens is 210 g/mol. The second kappa shape index (κ2) is 6.72. The number of hydrogen-bond donors (Lipinski definition) is 1. The maximum Gasteiger partial charge on any atom is 0.0218 e. The van der Waals surface area contributed by atoms with Gasteiger partial charge in [-0.25, -0.2) is 0 Å². The molecule has 3 nitrogen and oxygen atoms in total. The first-order valence-electron chi connectivity index (χ1n) is 7.23. The summed E-state index contributed by atoms with van der Waals surface area (Å²) in [4.78, 5) is 5.13. The van der Waals surface area contributed by atoms with Crippen molar-refractivity contribution in [1.29, 1.82) is 0 Å². The first-order valence-corrected chi connectivity index (χ1v) is 7.23. The number of rotatable bonds is 6.